The van der Waals surface area contributed by atoms with Crippen LogP contribution in [0.25, 0.3) is 27.5 Å². The highest BCUT2D eigenvalue weighted by molar-refractivity contribution is 5.97. The van der Waals surface area contributed by atoms with Crippen molar-refractivity contribution in [2.45, 2.75) is 49.9 Å². The maximum Gasteiger partial charge on any atom is 0.0673 e. The zero-order valence-corrected chi connectivity index (χ0v) is 24.3. The van der Waals surface area contributed by atoms with Gasteiger partial charge >= 0.3 is 0 Å². The van der Waals surface area contributed by atoms with Crippen LogP contribution in [-0.2, 0) is 10.8 Å². The van der Waals surface area contributed by atoms with Gasteiger partial charge in [-0.1, -0.05) is 140 Å². The topological polar surface area (TPSA) is 0 Å². The van der Waals surface area contributed by atoms with Crippen LogP contribution in [0.3, 0.4) is 0 Å². The van der Waals surface area contributed by atoms with Gasteiger partial charge in [-0.2, -0.15) is 0 Å². The highest BCUT2D eigenvalue weighted by Crippen LogP contribution is 2.63. The third kappa shape index (κ3) is 3.68. The van der Waals surface area contributed by atoms with Crippen molar-refractivity contribution in [1.82, 2.24) is 0 Å². The first-order chi connectivity index (χ1) is 20.7. The molecule has 0 nitrogen and oxygen atoms in total. The molecule has 0 heteroatoms. The van der Waals surface area contributed by atoms with Crippen molar-refractivity contribution in [3.05, 3.63) is 173 Å². The lowest BCUT2D eigenvalue weighted by Gasteiger charge is -2.40. The third-order valence-corrected chi connectivity index (χ3v) is 10.2. The maximum absolute atomic E-state index is 2.59. The highest BCUT2D eigenvalue weighted by atomic mass is 14.6. The quantitative estimate of drug-likeness (QED) is 0.199. The number of allylic oxidation sites excluding steroid dienone is 6. The van der Waals surface area contributed by atoms with Crippen molar-refractivity contribution in [2.24, 2.45) is 0 Å². The molecule has 0 bridgehead atoms. The summed E-state index contributed by atoms with van der Waals surface area (Å²) in [6.45, 7) is 2.51. The second-order valence-electron chi connectivity index (χ2n) is 12.5. The van der Waals surface area contributed by atoms with E-state index in [9.17, 15) is 0 Å². The van der Waals surface area contributed by atoms with Crippen molar-refractivity contribution < 1.29 is 0 Å². The van der Waals surface area contributed by atoms with E-state index in [0.29, 0.717) is 0 Å². The Balaban J connectivity index is 1.41. The molecular formula is C42H36. The molecule has 5 aromatic carbocycles. The van der Waals surface area contributed by atoms with E-state index in [0.717, 1.165) is 19.3 Å². The zero-order valence-electron chi connectivity index (χ0n) is 24.3. The van der Waals surface area contributed by atoms with Gasteiger partial charge in [0.2, 0.25) is 0 Å². The Morgan fingerprint density at radius 1 is 0.595 bits per heavy atom. The van der Waals surface area contributed by atoms with Gasteiger partial charge in [0.1, 0.15) is 0 Å². The summed E-state index contributed by atoms with van der Waals surface area (Å²) >= 11 is 0. The average Bonchev–Trinajstić information content (AvgIpc) is 3.30. The fraction of sp³-hybridized carbons (Fsp3) is 0.190. The highest BCUT2D eigenvalue weighted by Gasteiger charge is 2.56. The van der Waals surface area contributed by atoms with E-state index in [1.165, 1.54) is 68.1 Å². The molecule has 5 aromatic rings. The molecule has 0 fully saturated rings. The van der Waals surface area contributed by atoms with Gasteiger partial charge in [0.25, 0.3) is 0 Å². The summed E-state index contributed by atoms with van der Waals surface area (Å²) in [5, 5.41) is 2.60. The predicted molar refractivity (Wildman–Crippen MR) is 178 cm³/mol. The molecule has 0 radical (unpaired) electrons. The fourth-order valence-electron chi connectivity index (χ4n) is 8.25. The minimum atomic E-state index is -0.332. The van der Waals surface area contributed by atoms with Crippen LogP contribution < -0.4 is 0 Å². The summed E-state index contributed by atoms with van der Waals surface area (Å²) in [4.78, 5) is 0. The predicted octanol–water partition coefficient (Wildman–Crippen LogP) is 11.0. The second kappa shape index (κ2) is 9.85. The summed E-state index contributed by atoms with van der Waals surface area (Å²) < 4.78 is 0. The lowest BCUT2D eigenvalue weighted by atomic mass is 9.62. The van der Waals surface area contributed by atoms with Crippen LogP contribution in [0.4, 0.5) is 0 Å². The first-order valence-corrected chi connectivity index (χ1v) is 15.6. The minimum absolute atomic E-state index is 0.00795. The molecule has 0 heterocycles. The summed E-state index contributed by atoms with van der Waals surface area (Å²) in [6.07, 6.45) is 15.4. The van der Waals surface area contributed by atoms with E-state index in [1.54, 1.807) is 5.57 Å². The Kier molecular flexibility index (Phi) is 5.93. The van der Waals surface area contributed by atoms with E-state index < -0.39 is 0 Å². The molecule has 0 amide bonds. The van der Waals surface area contributed by atoms with Crippen LogP contribution in [0.15, 0.2) is 145 Å². The van der Waals surface area contributed by atoms with E-state index in [1.807, 2.05) is 0 Å². The van der Waals surface area contributed by atoms with Crippen LogP contribution in [0.1, 0.15) is 66.8 Å². The lowest BCUT2D eigenvalue weighted by molar-refractivity contribution is 0.455. The average molecular weight is 541 g/mol. The summed E-state index contributed by atoms with van der Waals surface area (Å²) in [5.74, 6) is 0. The Hall–Kier alpha value is -4.42. The van der Waals surface area contributed by atoms with E-state index in [4.69, 9.17) is 0 Å². The second-order valence-corrected chi connectivity index (χ2v) is 12.5. The summed E-state index contributed by atoms with van der Waals surface area (Å²) in [5.41, 5.74) is 12.1. The van der Waals surface area contributed by atoms with Gasteiger partial charge in [0.15, 0.2) is 0 Å². The molecule has 0 spiro atoms. The molecule has 0 N–H and O–H groups in total. The van der Waals surface area contributed by atoms with Gasteiger partial charge in [0, 0.05) is 5.41 Å². The molecule has 3 aliphatic rings. The molecule has 204 valence electrons. The van der Waals surface area contributed by atoms with Crippen LogP contribution >= 0.6 is 0 Å². The third-order valence-electron chi connectivity index (χ3n) is 10.2. The molecule has 0 saturated heterocycles. The van der Waals surface area contributed by atoms with Crippen LogP contribution in [0.5, 0.6) is 0 Å². The smallest absolute Gasteiger partial charge is 0.0673 e. The largest absolute Gasteiger partial charge is 0.0836 e. The molecule has 8 rings (SSSR count). The van der Waals surface area contributed by atoms with E-state index in [-0.39, 0.29) is 10.8 Å². The molecule has 42 heavy (non-hydrogen) atoms. The maximum atomic E-state index is 2.59. The summed E-state index contributed by atoms with van der Waals surface area (Å²) in [7, 11) is 0. The first kappa shape index (κ1) is 25.3. The monoisotopic (exact) mass is 540 g/mol. The van der Waals surface area contributed by atoms with Crippen LogP contribution in [0, 0.1) is 0 Å². The van der Waals surface area contributed by atoms with E-state index >= 15 is 0 Å². The van der Waals surface area contributed by atoms with Gasteiger partial charge in [0.05, 0.1) is 5.41 Å². The number of hydrogen-bond donors (Lipinski definition) is 0. The van der Waals surface area contributed by atoms with Crippen molar-refractivity contribution in [2.75, 3.05) is 0 Å². The Morgan fingerprint density at radius 2 is 1.36 bits per heavy atom. The molecule has 0 saturated carbocycles. The number of benzene rings is 5. The first-order valence-electron chi connectivity index (χ1n) is 15.6. The SMILES string of the molecule is CC12CCCC=C1C(c1ccccc1)(c1ccc(C3=CCCC=C3)cc1)c1cc(-c3cccc4ccccc34)ccc12. The number of fused-ring (bicyclic) bond motifs is 4. The van der Waals surface area contributed by atoms with Crippen LogP contribution in [0.2, 0.25) is 0 Å². The number of hydrogen-bond acceptors (Lipinski definition) is 0. The van der Waals surface area contributed by atoms with Crippen molar-refractivity contribution in [1.29, 1.82) is 0 Å². The Bertz CT molecular complexity index is 1890. The van der Waals surface area contributed by atoms with Gasteiger partial charge in [-0.3, -0.25) is 0 Å². The number of rotatable bonds is 4. The van der Waals surface area contributed by atoms with Gasteiger partial charge in [-0.25, -0.2) is 0 Å². The van der Waals surface area contributed by atoms with Gasteiger partial charge in [-0.05, 0) is 99.0 Å². The molecule has 2 unspecified atom stereocenters. The molecule has 0 aromatic heterocycles. The molecule has 3 aliphatic carbocycles. The van der Waals surface area contributed by atoms with Gasteiger partial charge in [-0.15, -0.1) is 0 Å². The fourth-order valence-corrected chi connectivity index (χ4v) is 8.25. The lowest BCUT2D eigenvalue weighted by Crippen LogP contribution is -2.34. The normalized spacial score (nSPS) is 22.8. The standard InChI is InChI=1S/C42H36/c1-41-28-11-10-21-40(41)42(34-17-6-3-7-18-34,35-25-22-31(23-26-35)30-13-4-2-5-14-30)39-29-33(24-27-38(39)41)37-20-12-16-32-15-8-9-19-36(32)37/h3-4,6-9,12-27,29H,2,5,10-11,28H2,1H3. The van der Waals surface area contributed by atoms with Crippen molar-refractivity contribution in [3.8, 4) is 11.1 Å². The summed E-state index contributed by atoms with van der Waals surface area (Å²) in [6, 6.07) is 43.7. The van der Waals surface area contributed by atoms with Crippen molar-refractivity contribution >= 4 is 16.3 Å². The van der Waals surface area contributed by atoms with E-state index in [2.05, 4.69) is 146 Å². The zero-order chi connectivity index (χ0) is 28.1. The molecule has 2 atom stereocenters. The molecule has 0 aliphatic heterocycles. The Labute approximate surface area is 249 Å². The Morgan fingerprint density at radius 3 is 2.19 bits per heavy atom. The van der Waals surface area contributed by atoms with Gasteiger partial charge < -0.3 is 0 Å². The van der Waals surface area contributed by atoms with Crippen LogP contribution in [-0.4, -0.2) is 0 Å². The molecular weight excluding hydrogens is 504 g/mol. The van der Waals surface area contributed by atoms with Crippen molar-refractivity contribution in [3.63, 3.8) is 0 Å². The minimum Gasteiger partial charge on any atom is -0.0836 e.